The molecule has 9 heteroatoms. The van der Waals surface area contributed by atoms with Crippen molar-refractivity contribution in [3.8, 4) is 5.75 Å². The first-order valence-corrected chi connectivity index (χ1v) is 14.3. The molecule has 1 N–H and O–H groups in total. The molecule has 0 saturated carbocycles. The minimum absolute atomic E-state index is 0.0157. The van der Waals surface area contributed by atoms with Gasteiger partial charge in [0, 0.05) is 61.4 Å². The summed E-state index contributed by atoms with van der Waals surface area (Å²) in [4.78, 5) is 21.4. The molecule has 4 aliphatic rings. The second-order valence-electron chi connectivity index (χ2n) is 11.6. The summed E-state index contributed by atoms with van der Waals surface area (Å²) in [7, 11) is 0. The first-order chi connectivity index (χ1) is 19.4. The Morgan fingerprint density at radius 1 is 1.12 bits per heavy atom. The van der Waals surface area contributed by atoms with E-state index in [1.807, 2.05) is 23.1 Å². The van der Waals surface area contributed by atoms with E-state index in [0.717, 1.165) is 66.7 Å². The predicted octanol–water partition coefficient (Wildman–Crippen LogP) is 4.35. The molecule has 1 amide bonds. The molecule has 210 valence electrons. The fourth-order valence-corrected chi connectivity index (χ4v) is 6.57. The second-order valence-corrected chi connectivity index (χ2v) is 11.6. The third-order valence-corrected chi connectivity index (χ3v) is 8.76. The van der Waals surface area contributed by atoms with Crippen molar-refractivity contribution in [2.45, 2.75) is 56.3 Å². The summed E-state index contributed by atoms with van der Waals surface area (Å²) in [6.07, 6.45) is 1.76. The van der Waals surface area contributed by atoms with E-state index in [1.54, 1.807) is 23.1 Å². The van der Waals surface area contributed by atoms with E-state index in [-0.39, 0.29) is 25.0 Å². The molecule has 2 aromatic carbocycles. The van der Waals surface area contributed by atoms with Crippen LogP contribution in [0.4, 0.5) is 8.78 Å². The molecule has 4 aliphatic heterocycles. The van der Waals surface area contributed by atoms with Crippen LogP contribution >= 0.6 is 0 Å². The lowest BCUT2D eigenvalue weighted by Gasteiger charge is -2.31. The standard InChI is InChI=1S/C31H34F2N4O3/c32-31(33)19-36(15-20-3-7-27-21(12-20)4-8-28(35-27)22-9-11-39-18-22)17-29(31)40-25-5-6-26-23(13-25)16-37(30(26)38)24-2-1-10-34-14-24/h3-8,12-13,22,24,29,34H,1-2,9-11,14-19H2/t22-,24?,29-/m1/s1. The van der Waals surface area contributed by atoms with E-state index < -0.39 is 12.0 Å². The highest BCUT2D eigenvalue weighted by atomic mass is 19.3. The number of benzene rings is 2. The Balaban J connectivity index is 1.01. The number of likely N-dealkylation sites (tertiary alicyclic amines) is 1. The minimum Gasteiger partial charge on any atom is -0.483 e. The van der Waals surface area contributed by atoms with Gasteiger partial charge in [-0.05, 0) is 73.3 Å². The van der Waals surface area contributed by atoms with Gasteiger partial charge < -0.3 is 19.7 Å². The number of amides is 1. The molecular weight excluding hydrogens is 514 g/mol. The highest BCUT2D eigenvalue weighted by Gasteiger charge is 2.50. The van der Waals surface area contributed by atoms with Crippen LogP contribution in [0.2, 0.25) is 0 Å². The van der Waals surface area contributed by atoms with E-state index >= 15 is 8.78 Å². The number of nitrogens with zero attached hydrogens (tertiary/aromatic N) is 3. The number of carbonyl (C=O) groups excluding carboxylic acids is 1. The summed E-state index contributed by atoms with van der Waals surface area (Å²) in [6, 6.07) is 15.4. The highest BCUT2D eigenvalue weighted by molar-refractivity contribution is 5.98. The lowest BCUT2D eigenvalue weighted by atomic mass is 10.0. The summed E-state index contributed by atoms with van der Waals surface area (Å²) in [6.45, 7) is 3.93. The van der Waals surface area contributed by atoms with Gasteiger partial charge in [-0.3, -0.25) is 14.7 Å². The third kappa shape index (κ3) is 4.95. The maximum Gasteiger partial charge on any atom is 0.297 e. The summed E-state index contributed by atoms with van der Waals surface area (Å²) >= 11 is 0. The smallest absolute Gasteiger partial charge is 0.297 e. The molecule has 1 aromatic heterocycles. The summed E-state index contributed by atoms with van der Waals surface area (Å²) in [5, 5.41) is 4.36. The first-order valence-electron chi connectivity index (χ1n) is 14.3. The van der Waals surface area contributed by atoms with Crippen LogP contribution in [-0.4, -0.2) is 78.2 Å². The Hall–Kier alpha value is -3.14. The number of rotatable bonds is 6. The molecule has 0 radical (unpaired) electrons. The minimum atomic E-state index is -2.98. The molecule has 5 heterocycles. The predicted molar refractivity (Wildman–Crippen MR) is 147 cm³/mol. The van der Waals surface area contributed by atoms with Gasteiger partial charge >= 0.3 is 0 Å². The zero-order chi connectivity index (χ0) is 27.3. The van der Waals surface area contributed by atoms with Crippen LogP contribution in [0.5, 0.6) is 5.75 Å². The normalized spacial score (nSPS) is 26.5. The monoisotopic (exact) mass is 548 g/mol. The van der Waals surface area contributed by atoms with Crippen molar-refractivity contribution in [2.75, 3.05) is 39.4 Å². The molecule has 3 atom stereocenters. The van der Waals surface area contributed by atoms with E-state index in [2.05, 4.69) is 17.4 Å². The van der Waals surface area contributed by atoms with Crippen LogP contribution in [0.15, 0.2) is 48.5 Å². The molecule has 1 unspecified atom stereocenters. The average molecular weight is 549 g/mol. The van der Waals surface area contributed by atoms with Crippen molar-refractivity contribution >= 4 is 16.8 Å². The number of aromatic nitrogens is 1. The molecule has 40 heavy (non-hydrogen) atoms. The largest absolute Gasteiger partial charge is 0.483 e. The van der Waals surface area contributed by atoms with E-state index in [9.17, 15) is 4.79 Å². The number of nitrogens with one attached hydrogen (secondary N) is 1. The van der Waals surface area contributed by atoms with Crippen molar-refractivity contribution in [3.63, 3.8) is 0 Å². The van der Waals surface area contributed by atoms with Gasteiger partial charge in [-0.2, -0.15) is 0 Å². The molecule has 3 saturated heterocycles. The van der Waals surface area contributed by atoms with Crippen LogP contribution in [0.1, 0.15) is 52.4 Å². The number of alkyl halides is 2. The van der Waals surface area contributed by atoms with Crippen LogP contribution in [0.25, 0.3) is 10.9 Å². The number of fused-ring (bicyclic) bond motifs is 2. The molecule has 3 fully saturated rings. The molecule has 3 aromatic rings. The van der Waals surface area contributed by atoms with Gasteiger partial charge in [0.05, 0.1) is 18.7 Å². The van der Waals surface area contributed by atoms with Gasteiger partial charge in [0.1, 0.15) is 5.75 Å². The SMILES string of the molecule is O=C1c2ccc(O[C@@H]3CN(Cc4ccc5nc([C@@H]6CCOC6)ccc5c4)CC3(F)F)cc2CN1C1CCCNC1. The molecule has 7 rings (SSSR count). The van der Waals surface area contributed by atoms with Crippen molar-refractivity contribution < 1.29 is 23.0 Å². The lowest BCUT2D eigenvalue weighted by molar-refractivity contribution is -0.0620. The van der Waals surface area contributed by atoms with Crippen molar-refractivity contribution in [2.24, 2.45) is 0 Å². The van der Waals surface area contributed by atoms with Crippen LogP contribution in [0, 0.1) is 0 Å². The maximum atomic E-state index is 15.1. The Morgan fingerprint density at radius 2 is 2.05 bits per heavy atom. The quantitative estimate of drug-likeness (QED) is 0.494. The van der Waals surface area contributed by atoms with Crippen molar-refractivity contribution in [1.29, 1.82) is 0 Å². The number of ether oxygens (including phenoxy) is 2. The van der Waals surface area contributed by atoms with Gasteiger partial charge in [-0.1, -0.05) is 12.1 Å². The van der Waals surface area contributed by atoms with Gasteiger partial charge in [0.2, 0.25) is 0 Å². The van der Waals surface area contributed by atoms with Crippen LogP contribution in [-0.2, 0) is 17.8 Å². The summed E-state index contributed by atoms with van der Waals surface area (Å²) in [5.74, 6) is -2.23. The van der Waals surface area contributed by atoms with Crippen molar-refractivity contribution in [1.82, 2.24) is 20.1 Å². The number of halogens is 2. The fraction of sp³-hybridized carbons (Fsp3) is 0.484. The maximum absolute atomic E-state index is 15.1. The first kappa shape index (κ1) is 25.8. The van der Waals surface area contributed by atoms with Gasteiger partial charge in [-0.25, -0.2) is 8.78 Å². The van der Waals surface area contributed by atoms with Gasteiger partial charge in [0.25, 0.3) is 11.8 Å². The number of hydrogen-bond acceptors (Lipinski definition) is 6. The van der Waals surface area contributed by atoms with E-state index in [4.69, 9.17) is 14.5 Å². The number of carbonyl (C=O) groups is 1. The second kappa shape index (κ2) is 10.4. The Labute approximate surface area is 232 Å². The Morgan fingerprint density at radius 3 is 2.88 bits per heavy atom. The zero-order valence-corrected chi connectivity index (χ0v) is 22.5. The molecule has 0 spiro atoms. The number of hydrogen-bond donors (Lipinski definition) is 1. The molecule has 7 nitrogen and oxygen atoms in total. The van der Waals surface area contributed by atoms with Crippen molar-refractivity contribution in [3.05, 3.63) is 70.9 Å². The molecular formula is C31H34F2N4O3. The van der Waals surface area contributed by atoms with E-state index in [1.165, 1.54) is 0 Å². The Kier molecular flexibility index (Phi) is 6.68. The fourth-order valence-electron chi connectivity index (χ4n) is 6.57. The topological polar surface area (TPSA) is 66.9 Å². The van der Waals surface area contributed by atoms with Gasteiger partial charge in [-0.15, -0.1) is 0 Å². The van der Waals surface area contributed by atoms with E-state index in [0.29, 0.717) is 36.9 Å². The Bertz CT molecular complexity index is 1420. The lowest BCUT2D eigenvalue weighted by Crippen LogP contribution is -2.46. The number of piperidine rings is 1. The third-order valence-electron chi connectivity index (χ3n) is 8.76. The number of pyridine rings is 1. The van der Waals surface area contributed by atoms with Gasteiger partial charge in [0.15, 0.2) is 6.10 Å². The molecule has 0 bridgehead atoms. The summed E-state index contributed by atoms with van der Waals surface area (Å²) in [5.41, 5.74) is 4.42. The van der Waals surface area contributed by atoms with Crippen LogP contribution < -0.4 is 10.1 Å². The average Bonchev–Trinajstić information content (AvgIpc) is 3.67. The molecule has 0 aliphatic carbocycles. The zero-order valence-electron chi connectivity index (χ0n) is 22.5. The summed E-state index contributed by atoms with van der Waals surface area (Å²) < 4.78 is 41.5. The van der Waals surface area contributed by atoms with Crippen LogP contribution in [0.3, 0.4) is 0 Å². The highest BCUT2D eigenvalue weighted by Crippen LogP contribution is 2.35.